The lowest BCUT2D eigenvalue weighted by Crippen LogP contribution is -2.19. The molecule has 0 spiro atoms. The van der Waals surface area contributed by atoms with Gasteiger partial charge in [0.25, 0.3) is 6.08 Å². The first kappa shape index (κ1) is 30.7. The Bertz CT molecular complexity index is 1050. The monoisotopic (exact) mass is 538 g/mol. The van der Waals surface area contributed by atoms with Gasteiger partial charge < -0.3 is 9.84 Å². The lowest BCUT2D eigenvalue weighted by molar-refractivity contribution is -0.140. The third kappa shape index (κ3) is 11.1. The van der Waals surface area contributed by atoms with Gasteiger partial charge in [-0.3, -0.25) is 0 Å². The summed E-state index contributed by atoms with van der Waals surface area (Å²) < 4.78 is 29.4. The molecule has 2 aromatic rings. The number of halogens is 2. The van der Waals surface area contributed by atoms with Crippen LogP contribution < -0.4 is 0 Å². The number of aryl methyl sites for hydroxylation is 2. The number of aliphatic hydroxyl groups excluding tert-OH is 1. The van der Waals surface area contributed by atoms with E-state index in [2.05, 4.69) is 55.1 Å². The minimum atomic E-state index is -1.55. The Hall–Kier alpha value is -2.79. The fourth-order valence-electron chi connectivity index (χ4n) is 5.49. The molecule has 0 heterocycles. The third-order valence-corrected chi connectivity index (χ3v) is 7.97. The Labute approximate surface area is 233 Å². The van der Waals surface area contributed by atoms with Crippen LogP contribution in [0.15, 0.2) is 72.8 Å². The molecule has 1 unspecified atom stereocenters. The number of hydrogen-bond donors (Lipinski definition) is 1. The second-order valence-corrected chi connectivity index (χ2v) is 11.2. The number of allylic oxidation sites excluding steroid dienone is 1. The lowest BCUT2D eigenvalue weighted by Gasteiger charge is -2.29. The molecule has 1 N–H and O–H groups in total. The van der Waals surface area contributed by atoms with Crippen molar-refractivity contribution in [2.75, 3.05) is 13.2 Å². The first-order valence-electron chi connectivity index (χ1n) is 14.4. The number of benzene rings is 2. The largest absolute Gasteiger partial charge is 0.462 e. The zero-order valence-electron chi connectivity index (χ0n) is 23.3. The maximum absolute atomic E-state index is 12.1. The molecule has 2 aromatic carbocycles. The average molecular weight is 539 g/mol. The standard InChI is InChI=1S/C34H44F2O3/c1-25(2)34(38)39-24-30(23-37)22-29-12-10-27(11-13-29)8-9-28-16-20-32(21-17-28)31-18-14-26(15-19-31)6-4-3-5-7-33(35)36/h7,10-13,16-17,20-21,26,30-31,37H,1,3-6,8-9,14-15,18-19,22-24H2,2H3. The van der Waals surface area contributed by atoms with Crippen LogP contribution in [0.2, 0.25) is 0 Å². The van der Waals surface area contributed by atoms with Gasteiger partial charge in [-0.1, -0.05) is 68.0 Å². The van der Waals surface area contributed by atoms with Crippen LogP contribution in [0.4, 0.5) is 8.78 Å². The molecule has 212 valence electrons. The second kappa shape index (κ2) is 16.3. The summed E-state index contributed by atoms with van der Waals surface area (Å²) in [6.07, 6.45) is 10.6. The van der Waals surface area contributed by atoms with Gasteiger partial charge in [-0.25, -0.2) is 4.79 Å². The van der Waals surface area contributed by atoms with E-state index in [9.17, 15) is 18.7 Å². The summed E-state index contributed by atoms with van der Waals surface area (Å²) in [4.78, 5) is 11.6. The predicted octanol–water partition coefficient (Wildman–Crippen LogP) is 8.36. The van der Waals surface area contributed by atoms with Crippen molar-refractivity contribution in [3.63, 3.8) is 0 Å². The Balaban J connectivity index is 1.37. The van der Waals surface area contributed by atoms with Crippen molar-refractivity contribution in [2.24, 2.45) is 11.8 Å². The number of carbonyl (C=O) groups excluding carboxylic acids is 1. The summed E-state index contributed by atoms with van der Waals surface area (Å²) in [5.41, 5.74) is 5.54. The molecule has 0 bridgehead atoms. The molecule has 1 atom stereocenters. The molecule has 1 fully saturated rings. The van der Waals surface area contributed by atoms with Crippen molar-refractivity contribution < 1.29 is 23.4 Å². The van der Waals surface area contributed by atoms with Gasteiger partial charge in [-0.2, -0.15) is 8.78 Å². The number of hydrogen-bond acceptors (Lipinski definition) is 3. The van der Waals surface area contributed by atoms with Gasteiger partial charge >= 0.3 is 5.97 Å². The Kier molecular flexibility index (Phi) is 12.9. The average Bonchev–Trinajstić information content (AvgIpc) is 2.95. The van der Waals surface area contributed by atoms with Crippen LogP contribution in [0.1, 0.15) is 86.5 Å². The maximum atomic E-state index is 12.1. The molecular weight excluding hydrogens is 494 g/mol. The SMILES string of the molecule is C=C(C)C(=O)OCC(CO)Cc1ccc(CCc2ccc(C3CCC(CCCCC=C(F)F)CC3)cc2)cc1. The zero-order chi connectivity index (χ0) is 28.0. The molecule has 0 radical (unpaired) electrons. The van der Waals surface area contributed by atoms with E-state index in [4.69, 9.17) is 4.74 Å². The van der Waals surface area contributed by atoms with E-state index < -0.39 is 12.0 Å². The van der Waals surface area contributed by atoms with Crippen LogP contribution in [-0.4, -0.2) is 24.3 Å². The molecule has 39 heavy (non-hydrogen) atoms. The molecule has 0 aliphatic heterocycles. The van der Waals surface area contributed by atoms with Crippen LogP contribution in [0.25, 0.3) is 0 Å². The molecule has 3 rings (SSSR count). The van der Waals surface area contributed by atoms with Crippen LogP contribution in [0.3, 0.4) is 0 Å². The van der Waals surface area contributed by atoms with Crippen molar-refractivity contribution in [1.82, 2.24) is 0 Å². The normalized spacial score (nSPS) is 17.8. The summed E-state index contributed by atoms with van der Waals surface area (Å²) in [7, 11) is 0. The van der Waals surface area contributed by atoms with Gasteiger partial charge in [-0.05, 0) is 105 Å². The van der Waals surface area contributed by atoms with Crippen molar-refractivity contribution in [1.29, 1.82) is 0 Å². The van der Waals surface area contributed by atoms with Crippen molar-refractivity contribution in [3.8, 4) is 0 Å². The quantitative estimate of drug-likeness (QED) is 0.141. The first-order valence-corrected chi connectivity index (χ1v) is 14.4. The van der Waals surface area contributed by atoms with Crippen molar-refractivity contribution >= 4 is 5.97 Å². The highest BCUT2D eigenvalue weighted by molar-refractivity contribution is 5.86. The van der Waals surface area contributed by atoms with Gasteiger partial charge in [0.15, 0.2) is 0 Å². The minimum absolute atomic E-state index is 0.0352. The van der Waals surface area contributed by atoms with Gasteiger partial charge in [0, 0.05) is 18.1 Å². The number of aliphatic hydroxyl groups is 1. The first-order chi connectivity index (χ1) is 18.8. The van der Waals surface area contributed by atoms with E-state index in [0.717, 1.165) is 43.2 Å². The van der Waals surface area contributed by atoms with Crippen LogP contribution in [-0.2, 0) is 28.8 Å². The predicted molar refractivity (Wildman–Crippen MR) is 154 cm³/mol. The highest BCUT2D eigenvalue weighted by Crippen LogP contribution is 2.37. The molecule has 1 aliphatic carbocycles. The Morgan fingerprint density at radius 2 is 1.56 bits per heavy atom. The van der Waals surface area contributed by atoms with E-state index in [-0.39, 0.29) is 19.1 Å². The summed E-state index contributed by atoms with van der Waals surface area (Å²) in [6.45, 7) is 5.35. The third-order valence-electron chi connectivity index (χ3n) is 7.97. The Morgan fingerprint density at radius 3 is 2.13 bits per heavy atom. The van der Waals surface area contributed by atoms with Crippen molar-refractivity contribution in [3.05, 3.63) is 95.1 Å². The maximum Gasteiger partial charge on any atom is 0.333 e. The number of unbranched alkanes of at least 4 members (excludes halogenated alkanes) is 2. The summed E-state index contributed by atoms with van der Waals surface area (Å²) in [6, 6.07) is 17.6. The number of carbonyl (C=O) groups is 1. The molecule has 1 aliphatic rings. The molecule has 5 heteroatoms. The lowest BCUT2D eigenvalue weighted by atomic mass is 9.77. The van der Waals surface area contributed by atoms with Crippen molar-refractivity contribution in [2.45, 2.75) is 83.5 Å². The topological polar surface area (TPSA) is 46.5 Å². The van der Waals surface area contributed by atoms with Gasteiger partial charge in [0.05, 0.1) is 6.61 Å². The summed E-state index contributed by atoms with van der Waals surface area (Å²) in [5.74, 6) is 0.839. The van der Waals surface area contributed by atoms with Crippen LogP contribution >= 0.6 is 0 Å². The zero-order valence-corrected chi connectivity index (χ0v) is 23.3. The molecular formula is C34H44F2O3. The van der Waals surface area contributed by atoms with Gasteiger partial charge in [0.1, 0.15) is 0 Å². The molecule has 0 saturated heterocycles. The molecule has 0 amide bonds. The number of rotatable bonds is 15. The van der Waals surface area contributed by atoms with E-state index in [1.165, 1.54) is 48.8 Å². The van der Waals surface area contributed by atoms with Crippen LogP contribution in [0, 0.1) is 11.8 Å². The fraction of sp³-hybridized carbons (Fsp3) is 0.500. The molecule has 3 nitrogen and oxygen atoms in total. The van der Waals surface area contributed by atoms with Crippen LogP contribution in [0.5, 0.6) is 0 Å². The molecule has 0 aromatic heterocycles. The number of esters is 1. The summed E-state index contributed by atoms with van der Waals surface area (Å²) >= 11 is 0. The summed E-state index contributed by atoms with van der Waals surface area (Å²) in [5, 5.41) is 9.65. The minimum Gasteiger partial charge on any atom is -0.462 e. The van der Waals surface area contributed by atoms with E-state index in [1.54, 1.807) is 6.92 Å². The van der Waals surface area contributed by atoms with Gasteiger partial charge in [0.2, 0.25) is 0 Å². The number of ether oxygens (including phenoxy) is 1. The smallest absolute Gasteiger partial charge is 0.333 e. The highest BCUT2D eigenvalue weighted by Gasteiger charge is 2.22. The van der Waals surface area contributed by atoms with E-state index in [0.29, 0.717) is 24.3 Å². The Morgan fingerprint density at radius 1 is 0.974 bits per heavy atom. The highest BCUT2D eigenvalue weighted by atomic mass is 19.3. The molecule has 1 saturated carbocycles. The van der Waals surface area contributed by atoms with E-state index in [1.807, 2.05) is 0 Å². The fourth-order valence-corrected chi connectivity index (χ4v) is 5.49. The van der Waals surface area contributed by atoms with E-state index >= 15 is 0 Å². The second-order valence-electron chi connectivity index (χ2n) is 11.2. The van der Waals surface area contributed by atoms with Gasteiger partial charge in [-0.15, -0.1) is 0 Å².